The Hall–Kier alpha value is -2.66. The quantitative estimate of drug-likeness (QED) is 0.384. The fraction of sp³-hybridized carbons (Fsp3) is 0.208. The second-order valence-corrected chi connectivity index (χ2v) is 10.9. The lowest BCUT2D eigenvalue weighted by Gasteiger charge is -2.30. The van der Waals surface area contributed by atoms with E-state index in [0.717, 1.165) is 12.1 Å². The van der Waals surface area contributed by atoms with E-state index in [0.29, 0.717) is 22.2 Å². The maximum Gasteiger partial charge on any atom is 0.419 e. The van der Waals surface area contributed by atoms with Crippen LogP contribution in [0.1, 0.15) is 22.3 Å². The van der Waals surface area contributed by atoms with Crippen LogP contribution in [-0.4, -0.2) is 25.2 Å². The minimum Gasteiger partial charge on any atom is -0.324 e. The van der Waals surface area contributed by atoms with E-state index in [1.54, 1.807) is 6.07 Å². The normalized spacial score (nSPS) is 14.4. The van der Waals surface area contributed by atoms with E-state index in [9.17, 15) is 30.8 Å². The third-order valence-electron chi connectivity index (χ3n) is 5.77. The number of carbonyl (C=O) groups excluding carboxylic acids is 1. The Bertz CT molecular complexity index is 1430. The van der Waals surface area contributed by atoms with Crippen LogP contribution in [0, 0.1) is 5.82 Å². The first kappa shape index (κ1) is 26.4. The first-order valence-electron chi connectivity index (χ1n) is 10.6. The summed E-state index contributed by atoms with van der Waals surface area (Å²) in [4.78, 5) is 12.7. The van der Waals surface area contributed by atoms with Gasteiger partial charge in [0.15, 0.2) is 0 Å². The number of fused-ring (bicyclic) bond motifs is 1. The Balaban J connectivity index is 1.55. The third-order valence-corrected chi connectivity index (χ3v) is 8.19. The highest BCUT2D eigenvalue weighted by Crippen LogP contribution is 2.35. The number of alkyl halides is 3. The topological polar surface area (TPSA) is 66.5 Å². The van der Waals surface area contributed by atoms with Crippen LogP contribution in [0.25, 0.3) is 0 Å². The number of carbonyl (C=O) groups is 1. The minimum atomic E-state index is -4.89. The van der Waals surface area contributed by atoms with Gasteiger partial charge in [-0.15, -0.1) is 0 Å². The van der Waals surface area contributed by atoms with E-state index in [-0.39, 0.29) is 35.1 Å². The van der Waals surface area contributed by atoms with Gasteiger partial charge in [-0.3, -0.25) is 4.79 Å². The number of sulfonamides is 1. The number of nitrogens with one attached hydrogen (secondary N) is 1. The van der Waals surface area contributed by atoms with Crippen LogP contribution in [-0.2, 0) is 40.4 Å². The Kier molecular flexibility index (Phi) is 7.34. The molecule has 1 heterocycles. The minimum absolute atomic E-state index is 0.0165. The largest absolute Gasteiger partial charge is 0.419 e. The summed E-state index contributed by atoms with van der Waals surface area (Å²) in [6, 6.07) is 11.6. The van der Waals surface area contributed by atoms with E-state index in [4.69, 9.17) is 23.2 Å². The average Bonchev–Trinajstić information content (AvgIpc) is 2.81. The highest BCUT2D eigenvalue weighted by Gasteiger charge is 2.35. The van der Waals surface area contributed by atoms with E-state index >= 15 is 0 Å². The molecule has 0 atom stereocenters. The molecule has 0 saturated heterocycles. The molecule has 5 nitrogen and oxygen atoms in total. The van der Waals surface area contributed by atoms with Crippen molar-refractivity contribution < 1.29 is 30.8 Å². The van der Waals surface area contributed by atoms with Gasteiger partial charge in [0.1, 0.15) is 5.82 Å². The smallest absolute Gasteiger partial charge is 0.324 e. The molecule has 0 radical (unpaired) electrons. The molecule has 1 aliphatic heterocycles. The lowest BCUT2D eigenvalue weighted by atomic mass is 9.98. The molecular formula is C24H18Cl2F4N2O3S. The van der Waals surface area contributed by atoms with Gasteiger partial charge in [-0.05, 0) is 59.5 Å². The summed E-state index contributed by atoms with van der Waals surface area (Å²) < 4.78 is 80.7. The number of halogens is 6. The van der Waals surface area contributed by atoms with Gasteiger partial charge >= 0.3 is 6.18 Å². The molecule has 0 fully saturated rings. The number of hydrogen-bond acceptors (Lipinski definition) is 3. The summed E-state index contributed by atoms with van der Waals surface area (Å²) in [5.74, 6) is -2.27. The Morgan fingerprint density at radius 3 is 2.39 bits per heavy atom. The Labute approximate surface area is 214 Å². The van der Waals surface area contributed by atoms with Gasteiger partial charge in [0, 0.05) is 18.1 Å². The molecule has 1 N–H and O–H groups in total. The highest BCUT2D eigenvalue weighted by molar-refractivity contribution is 7.89. The molecule has 1 amide bonds. The van der Waals surface area contributed by atoms with E-state index < -0.39 is 45.5 Å². The maximum atomic E-state index is 14.3. The standard InChI is InChI=1S/C24H18Cl2F4N2O3S/c25-16-5-7-17(8-6-16)36(34,35)32-11-10-18-15(13-32)4-9-20(26)23(18)31-21(33)12-14-2-1-3-19(22(14)27)24(28,29)30/h1-9H,10-13H2,(H,31,33). The van der Waals surface area contributed by atoms with Gasteiger partial charge in [0.2, 0.25) is 15.9 Å². The SMILES string of the molecule is O=C(Cc1cccc(C(F)(F)F)c1F)Nc1c(Cl)ccc2c1CCN(S(=O)(=O)c1ccc(Cl)cc1)C2. The number of anilines is 1. The van der Waals surface area contributed by atoms with Crippen molar-refractivity contribution in [3.8, 4) is 0 Å². The predicted molar refractivity (Wildman–Crippen MR) is 128 cm³/mol. The molecule has 3 aromatic carbocycles. The van der Waals surface area contributed by atoms with E-state index in [1.807, 2.05) is 0 Å². The van der Waals surface area contributed by atoms with Crippen LogP contribution in [0.4, 0.5) is 23.2 Å². The van der Waals surface area contributed by atoms with Crippen molar-refractivity contribution in [3.63, 3.8) is 0 Å². The number of hydrogen-bond donors (Lipinski definition) is 1. The molecule has 0 bridgehead atoms. The summed E-state index contributed by atoms with van der Waals surface area (Å²) in [6.07, 6.45) is -5.32. The van der Waals surface area contributed by atoms with Gasteiger partial charge in [0.25, 0.3) is 0 Å². The van der Waals surface area contributed by atoms with Crippen molar-refractivity contribution in [2.45, 2.75) is 30.5 Å². The summed E-state index contributed by atoms with van der Waals surface area (Å²) in [5.41, 5.74) is -0.449. The molecule has 190 valence electrons. The molecular weight excluding hydrogens is 543 g/mol. The van der Waals surface area contributed by atoms with Crippen molar-refractivity contribution in [1.82, 2.24) is 4.31 Å². The fourth-order valence-corrected chi connectivity index (χ4v) is 5.76. The van der Waals surface area contributed by atoms with Crippen LogP contribution in [0.2, 0.25) is 10.0 Å². The van der Waals surface area contributed by atoms with Crippen molar-refractivity contribution in [1.29, 1.82) is 0 Å². The van der Waals surface area contributed by atoms with Crippen LogP contribution in [0.5, 0.6) is 0 Å². The zero-order valence-electron chi connectivity index (χ0n) is 18.4. The molecule has 36 heavy (non-hydrogen) atoms. The number of nitrogens with zero attached hydrogens (tertiary/aromatic N) is 1. The molecule has 0 unspecified atom stereocenters. The summed E-state index contributed by atoms with van der Waals surface area (Å²) in [7, 11) is -3.81. The number of benzene rings is 3. The second kappa shape index (κ2) is 10.0. The first-order chi connectivity index (χ1) is 16.9. The lowest BCUT2D eigenvalue weighted by Crippen LogP contribution is -2.36. The van der Waals surface area contributed by atoms with Gasteiger partial charge in [0.05, 0.1) is 27.6 Å². The summed E-state index contributed by atoms with van der Waals surface area (Å²) in [5, 5.41) is 3.13. The highest BCUT2D eigenvalue weighted by atomic mass is 35.5. The van der Waals surface area contributed by atoms with Crippen LogP contribution >= 0.6 is 23.2 Å². The first-order valence-corrected chi connectivity index (χ1v) is 12.8. The Morgan fingerprint density at radius 2 is 1.72 bits per heavy atom. The van der Waals surface area contributed by atoms with E-state index in [1.165, 1.54) is 34.6 Å². The molecule has 12 heteroatoms. The lowest BCUT2D eigenvalue weighted by molar-refractivity contribution is -0.140. The summed E-state index contributed by atoms with van der Waals surface area (Å²) >= 11 is 12.1. The van der Waals surface area contributed by atoms with Gasteiger partial charge < -0.3 is 5.32 Å². The molecule has 4 rings (SSSR count). The van der Waals surface area contributed by atoms with Crippen LogP contribution in [0.15, 0.2) is 59.5 Å². The predicted octanol–water partition coefficient (Wildman–Crippen LogP) is 6.08. The molecule has 0 aromatic heterocycles. The van der Waals surface area contributed by atoms with Crippen molar-refractivity contribution >= 4 is 44.8 Å². The third kappa shape index (κ3) is 5.36. The molecule has 1 aliphatic rings. The summed E-state index contributed by atoms with van der Waals surface area (Å²) in [6.45, 7) is 0.117. The van der Waals surface area contributed by atoms with Gasteiger partial charge in [-0.25, -0.2) is 12.8 Å². The number of rotatable bonds is 5. The average molecular weight is 561 g/mol. The fourth-order valence-electron chi connectivity index (χ4n) is 3.99. The molecule has 0 spiro atoms. The van der Waals surface area contributed by atoms with Crippen LogP contribution < -0.4 is 5.32 Å². The van der Waals surface area contributed by atoms with Gasteiger partial charge in [-0.2, -0.15) is 17.5 Å². The van der Waals surface area contributed by atoms with E-state index in [2.05, 4.69) is 5.32 Å². The van der Waals surface area contributed by atoms with Crippen molar-refractivity contribution in [3.05, 3.63) is 92.7 Å². The molecule has 0 saturated carbocycles. The van der Waals surface area contributed by atoms with Crippen molar-refractivity contribution in [2.75, 3.05) is 11.9 Å². The zero-order valence-corrected chi connectivity index (χ0v) is 20.7. The second-order valence-electron chi connectivity index (χ2n) is 8.10. The molecule has 0 aliphatic carbocycles. The monoisotopic (exact) mass is 560 g/mol. The number of amides is 1. The van der Waals surface area contributed by atoms with Crippen LogP contribution in [0.3, 0.4) is 0 Å². The maximum absolute atomic E-state index is 14.3. The molecule has 3 aromatic rings. The zero-order chi connectivity index (χ0) is 26.3. The van der Waals surface area contributed by atoms with Gasteiger partial charge in [-0.1, -0.05) is 41.4 Å². The van der Waals surface area contributed by atoms with Crippen molar-refractivity contribution in [2.24, 2.45) is 0 Å². The Morgan fingerprint density at radius 1 is 1.03 bits per heavy atom.